The SMILES string of the molecule is CC[C@H](NC(=O)[C@H]1COc2ccccc2O1)c1ccc2c(c1)CCCC2. The standard InChI is InChI=1S/C22H25NO3/c1-2-18(17-12-11-15-7-3-4-8-16(15)13-17)23-22(24)21-14-25-19-9-5-6-10-20(19)26-21/h5-6,9-13,18,21H,2-4,7-8,14H2,1H3,(H,23,24)/t18-,21+/m0/s1. The molecule has 1 heterocycles. The maximum Gasteiger partial charge on any atom is 0.265 e. The maximum absolute atomic E-state index is 12.7. The minimum absolute atomic E-state index is 0.00417. The van der Waals surface area contributed by atoms with E-state index in [1.54, 1.807) is 0 Å². The van der Waals surface area contributed by atoms with Crippen LogP contribution in [0.2, 0.25) is 0 Å². The first-order valence-electron chi connectivity index (χ1n) is 9.55. The molecular formula is C22H25NO3. The van der Waals surface area contributed by atoms with Crippen LogP contribution in [-0.4, -0.2) is 18.6 Å². The van der Waals surface area contributed by atoms with Crippen molar-refractivity contribution >= 4 is 5.91 Å². The molecule has 2 aliphatic rings. The highest BCUT2D eigenvalue weighted by Crippen LogP contribution is 2.31. The largest absolute Gasteiger partial charge is 0.485 e. The molecule has 0 saturated carbocycles. The molecule has 4 nitrogen and oxygen atoms in total. The Hall–Kier alpha value is -2.49. The summed E-state index contributed by atoms with van der Waals surface area (Å²) in [5, 5.41) is 3.15. The predicted molar refractivity (Wildman–Crippen MR) is 101 cm³/mol. The number of hydrogen-bond donors (Lipinski definition) is 1. The lowest BCUT2D eigenvalue weighted by Gasteiger charge is -2.28. The van der Waals surface area contributed by atoms with Crippen LogP contribution in [0.15, 0.2) is 42.5 Å². The molecule has 4 heteroatoms. The zero-order valence-corrected chi connectivity index (χ0v) is 15.2. The van der Waals surface area contributed by atoms with Crippen molar-refractivity contribution in [3.63, 3.8) is 0 Å². The highest BCUT2D eigenvalue weighted by atomic mass is 16.6. The smallest absolute Gasteiger partial charge is 0.265 e. The fourth-order valence-corrected chi connectivity index (χ4v) is 3.80. The number of amides is 1. The van der Waals surface area contributed by atoms with Gasteiger partial charge in [0.2, 0.25) is 6.10 Å². The number of hydrogen-bond acceptors (Lipinski definition) is 3. The predicted octanol–water partition coefficient (Wildman–Crippen LogP) is 3.97. The van der Waals surface area contributed by atoms with Crippen molar-refractivity contribution in [2.45, 2.75) is 51.2 Å². The van der Waals surface area contributed by atoms with Crippen LogP contribution >= 0.6 is 0 Å². The third kappa shape index (κ3) is 3.41. The lowest BCUT2D eigenvalue weighted by atomic mass is 9.89. The highest BCUT2D eigenvalue weighted by Gasteiger charge is 2.29. The summed E-state index contributed by atoms with van der Waals surface area (Å²) in [5.74, 6) is 1.20. The normalized spacial score (nSPS) is 19.3. The van der Waals surface area contributed by atoms with Gasteiger partial charge >= 0.3 is 0 Å². The number of fused-ring (bicyclic) bond motifs is 2. The van der Waals surface area contributed by atoms with Gasteiger partial charge in [0, 0.05) is 0 Å². The Balaban J connectivity index is 1.46. The van der Waals surface area contributed by atoms with Crippen LogP contribution in [0.1, 0.15) is 48.9 Å². The lowest BCUT2D eigenvalue weighted by molar-refractivity contribution is -0.131. The monoisotopic (exact) mass is 351 g/mol. The van der Waals surface area contributed by atoms with Crippen molar-refractivity contribution in [2.24, 2.45) is 0 Å². The van der Waals surface area contributed by atoms with Crippen LogP contribution in [0, 0.1) is 0 Å². The highest BCUT2D eigenvalue weighted by molar-refractivity contribution is 5.82. The third-order valence-electron chi connectivity index (χ3n) is 5.30. The maximum atomic E-state index is 12.7. The Morgan fingerprint density at radius 3 is 2.69 bits per heavy atom. The molecule has 1 N–H and O–H groups in total. The summed E-state index contributed by atoms with van der Waals surface area (Å²) in [6.07, 6.45) is 5.08. The van der Waals surface area contributed by atoms with Crippen LogP contribution in [0.4, 0.5) is 0 Å². The number of carbonyl (C=O) groups is 1. The van der Waals surface area contributed by atoms with Gasteiger partial charge in [0.15, 0.2) is 11.5 Å². The number of aryl methyl sites for hydroxylation is 2. The second-order valence-corrected chi connectivity index (χ2v) is 7.07. The number of carbonyl (C=O) groups excluding carboxylic acids is 1. The second kappa shape index (κ2) is 7.40. The number of nitrogens with one attached hydrogen (secondary N) is 1. The summed E-state index contributed by atoms with van der Waals surface area (Å²) in [6, 6.07) is 14.1. The molecule has 0 fully saturated rings. The average molecular weight is 351 g/mol. The quantitative estimate of drug-likeness (QED) is 0.907. The summed E-state index contributed by atoms with van der Waals surface area (Å²) in [5.41, 5.74) is 4.08. The Kier molecular flexibility index (Phi) is 4.83. The van der Waals surface area contributed by atoms with Crippen molar-refractivity contribution in [1.82, 2.24) is 5.32 Å². The van der Waals surface area contributed by atoms with E-state index in [0.717, 1.165) is 12.8 Å². The van der Waals surface area contributed by atoms with Crippen molar-refractivity contribution in [2.75, 3.05) is 6.61 Å². The van der Waals surface area contributed by atoms with E-state index in [1.165, 1.54) is 36.0 Å². The van der Waals surface area contributed by atoms with Gasteiger partial charge in [-0.25, -0.2) is 0 Å². The van der Waals surface area contributed by atoms with Gasteiger partial charge in [-0.05, 0) is 60.9 Å². The summed E-state index contributed by atoms with van der Waals surface area (Å²) < 4.78 is 11.5. The third-order valence-corrected chi connectivity index (χ3v) is 5.30. The first kappa shape index (κ1) is 17.0. The lowest BCUT2D eigenvalue weighted by Crippen LogP contribution is -2.45. The first-order chi connectivity index (χ1) is 12.7. The number of ether oxygens (including phenoxy) is 2. The molecule has 1 aliphatic carbocycles. The number of benzene rings is 2. The van der Waals surface area contributed by atoms with Gasteiger partial charge in [0.1, 0.15) is 6.61 Å². The van der Waals surface area contributed by atoms with E-state index >= 15 is 0 Å². The van der Waals surface area contributed by atoms with E-state index in [2.05, 4.69) is 30.4 Å². The van der Waals surface area contributed by atoms with Gasteiger partial charge in [-0.1, -0.05) is 37.3 Å². The van der Waals surface area contributed by atoms with Gasteiger partial charge in [0.25, 0.3) is 5.91 Å². The van der Waals surface area contributed by atoms with Gasteiger partial charge in [-0.2, -0.15) is 0 Å². The molecule has 26 heavy (non-hydrogen) atoms. The average Bonchev–Trinajstić information content (AvgIpc) is 2.71. The molecule has 1 aliphatic heterocycles. The van der Waals surface area contributed by atoms with Crippen LogP contribution < -0.4 is 14.8 Å². The minimum Gasteiger partial charge on any atom is -0.485 e. The van der Waals surface area contributed by atoms with Gasteiger partial charge in [-0.3, -0.25) is 4.79 Å². The number of para-hydroxylation sites is 2. The molecule has 0 unspecified atom stereocenters. The van der Waals surface area contributed by atoms with Crippen molar-refractivity contribution in [3.05, 3.63) is 59.2 Å². The van der Waals surface area contributed by atoms with E-state index in [4.69, 9.17) is 9.47 Å². The molecule has 0 aromatic heterocycles. The van der Waals surface area contributed by atoms with Crippen molar-refractivity contribution < 1.29 is 14.3 Å². The van der Waals surface area contributed by atoms with Crippen LogP contribution in [0.3, 0.4) is 0 Å². The molecule has 0 radical (unpaired) electrons. The molecule has 2 aromatic rings. The fraction of sp³-hybridized carbons (Fsp3) is 0.409. The van der Waals surface area contributed by atoms with Crippen molar-refractivity contribution in [3.8, 4) is 11.5 Å². The fourth-order valence-electron chi connectivity index (χ4n) is 3.80. The Bertz CT molecular complexity index is 802. The van der Waals surface area contributed by atoms with E-state index in [1.807, 2.05) is 24.3 Å². The molecule has 0 bridgehead atoms. The minimum atomic E-state index is -0.614. The summed E-state index contributed by atoms with van der Waals surface area (Å²) in [6.45, 7) is 2.33. The summed E-state index contributed by atoms with van der Waals surface area (Å²) >= 11 is 0. The topological polar surface area (TPSA) is 47.6 Å². The molecule has 2 aromatic carbocycles. The van der Waals surface area contributed by atoms with Gasteiger partial charge in [-0.15, -0.1) is 0 Å². The molecule has 1 amide bonds. The molecule has 136 valence electrons. The first-order valence-corrected chi connectivity index (χ1v) is 9.55. The Morgan fingerprint density at radius 2 is 1.88 bits per heavy atom. The van der Waals surface area contributed by atoms with Crippen LogP contribution in [0.5, 0.6) is 11.5 Å². The molecule has 0 saturated heterocycles. The number of rotatable bonds is 4. The van der Waals surface area contributed by atoms with E-state index in [-0.39, 0.29) is 18.6 Å². The van der Waals surface area contributed by atoms with Gasteiger partial charge in [0.05, 0.1) is 6.04 Å². The van der Waals surface area contributed by atoms with Crippen LogP contribution in [0.25, 0.3) is 0 Å². The van der Waals surface area contributed by atoms with E-state index in [0.29, 0.717) is 11.5 Å². The Labute approximate surface area is 154 Å². The molecule has 4 rings (SSSR count). The molecule has 0 spiro atoms. The zero-order valence-electron chi connectivity index (χ0n) is 15.2. The van der Waals surface area contributed by atoms with Crippen molar-refractivity contribution in [1.29, 1.82) is 0 Å². The summed E-state index contributed by atoms with van der Waals surface area (Å²) in [4.78, 5) is 12.7. The molecule has 2 atom stereocenters. The Morgan fingerprint density at radius 1 is 1.12 bits per heavy atom. The zero-order chi connectivity index (χ0) is 17.9. The van der Waals surface area contributed by atoms with E-state index in [9.17, 15) is 4.79 Å². The van der Waals surface area contributed by atoms with Gasteiger partial charge < -0.3 is 14.8 Å². The summed E-state index contributed by atoms with van der Waals surface area (Å²) in [7, 11) is 0. The molecular weight excluding hydrogens is 326 g/mol. The van der Waals surface area contributed by atoms with Crippen LogP contribution in [-0.2, 0) is 17.6 Å². The second-order valence-electron chi connectivity index (χ2n) is 7.07. The van der Waals surface area contributed by atoms with E-state index < -0.39 is 6.10 Å².